The zero-order valence-electron chi connectivity index (χ0n) is 16.9. The van der Waals surface area contributed by atoms with Gasteiger partial charge in [-0.05, 0) is 49.8 Å². The number of para-hydroxylation sites is 1. The molecule has 2 heterocycles. The van der Waals surface area contributed by atoms with E-state index in [2.05, 4.69) is 5.32 Å². The Hall–Kier alpha value is -3.78. The van der Waals surface area contributed by atoms with E-state index in [0.29, 0.717) is 16.8 Å². The second-order valence-electron chi connectivity index (χ2n) is 7.37. The van der Waals surface area contributed by atoms with E-state index in [0.717, 1.165) is 16.5 Å². The molecular formula is C23H19N3O4S. The van der Waals surface area contributed by atoms with Crippen LogP contribution in [0.5, 0.6) is 0 Å². The Morgan fingerprint density at radius 1 is 1.16 bits per heavy atom. The number of hydrogen-bond donors (Lipinski definition) is 2. The zero-order chi connectivity index (χ0) is 22.3. The minimum Gasteiger partial charge on any atom is -0.480 e. The number of aryl methyl sites for hydroxylation is 2. The molecule has 31 heavy (non-hydrogen) atoms. The molecule has 0 saturated carbocycles. The van der Waals surface area contributed by atoms with Crippen LogP contribution in [0, 0.1) is 13.8 Å². The summed E-state index contributed by atoms with van der Waals surface area (Å²) >= 11 is 5.28. The molecule has 7 nitrogen and oxygen atoms in total. The van der Waals surface area contributed by atoms with E-state index < -0.39 is 17.8 Å². The molecule has 1 saturated heterocycles. The van der Waals surface area contributed by atoms with Crippen LogP contribution in [0.25, 0.3) is 17.0 Å². The van der Waals surface area contributed by atoms with E-state index in [4.69, 9.17) is 12.2 Å². The number of anilines is 1. The standard InChI is InChI=1S/C23H19N3O4S/c1-13-7-8-18(14(2)9-13)26-22(30)17(21(29)24-23(26)31)10-15-11-25(12-20(27)28)19-6-4-3-5-16(15)19/h3-11H,12H2,1-2H3,(H,27,28)(H,24,29,31). The van der Waals surface area contributed by atoms with Crippen LogP contribution in [0.4, 0.5) is 5.69 Å². The first-order chi connectivity index (χ1) is 14.8. The van der Waals surface area contributed by atoms with Crippen LogP contribution in [-0.2, 0) is 20.9 Å². The Morgan fingerprint density at radius 3 is 2.61 bits per heavy atom. The molecule has 8 heteroatoms. The number of nitrogens with one attached hydrogen (secondary N) is 1. The van der Waals surface area contributed by atoms with Gasteiger partial charge in [0.2, 0.25) is 0 Å². The molecular weight excluding hydrogens is 414 g/mol. The maximum absolute atomic E-state index is 13.3. The summed E-state index contributed by atoms with van der Waals surface area (Å²) in [4.78, 5) is 38.5. The normalized spacial score (nSPS) is 15.6. The van der Waals surface area contributed by atoms with Gasteiger partial charge in [0.25, 0.3) is 11.8 Å². The lowest BCUT2D eigenvalue weighted by molar-refractivity contribution is -0.137. The number of amides is 2. The Balaban J connectivity index is 1.82. The summed E-state index contributed by atoms with van der Waals surface area (Å²) < 4.78 is 1.57. The summed E-state index contributed by atoms with van der Waals surface area (Å²) in [6.07, 6.45) is 3.11. The van der Waals surface area contributed by atoms with Gasteiger partial charge in [-0.3, -0.25) is 24.6 Å². The Morgan fingerprint density at radius 2 is 1.90 bits per heavy atom. The molecule has 1 aromatic heterocycles. The summed E-state index contributed by atoms with van der Waals surface area (Å²) in [7, 11) is 0. The second kappa shape index (κ2) is 7.81. The molecule has 4 rings (SSSR count). The lowest BCUT2D eigenvalue weighted by Gasteiger charge is -2.30. The molecule has 2 amide bonds. The monoisotopic (exact) mass is 433 g/mol. The van der Waals surface area contributed by atoms with Crippen LogP contribution in [0.3, 0.4) is 0 Å². The lowest BCUT2D eigenvalue weighted by atomic mass is 10.0. The molecule has 2 aromatic carbocycles. The summed E-state index contributed by atoms with van der Waals surface area (Å²) in [6, 6.07) is 12.8. The molecule has 2 N–H and O–H groups in total. The van der Waals surface area contributed by atoms with Crippen molar-refractivity contribution < 1.29 is 19.5 Å². The third-order valence-corrected chi connectivity index (χ3v) is 5.40. The van der Waals surface area contributed by atoms with E-state index in [1.165, 1.54) is 11.0 Å². The third kappa shape index (κ3) is 3.73. The number of nitrogens with zero attached hydrogens (tertiary/aromatic N) is 2. The summed E-state index contributed by atoms with van der Waals surface area (Å²) in [5, 5.41) is 12.5. The van der Waals surface area contributed by atoms with Crippen molar-refractivity contribution in [1.29, 1.82) is 0 Å². The van der Waals surface area contributed by atoms with Gasteiger partial charge in [0.1, 0.15) is 12.1 Å². The number of aromatic nitrogens is 1. The SMILES string of the molecule is Cc1ccc(N2C(=O)C(=Cc3cn(CC(=O)O)c4ccccc34)C(=O)NC2=S)c(C)c1. The number of benzene rings is 2. The maximum atomic E-state index is 13.3. The third-order valence-electron chi connectivity index (χ3n) is 5.12. The number of carbonyl (C=O) groups excluding carboxylic acids is 2. The minimum atomic E-state index is -0.988. The highest BCUT2D eigenvalue weighted by Gasteiger charge is 2.35. The molecule has 0 aliphatic carbocycles. The Bertz CT molecular complexity index is 1310. The fraction of sp³-hybridized carbons (Fsp3) is 0.130. The highest BCUT2D eigenvalue weighted by molar-refractivity contribution is 7.80. The van der Waals surface area contributed by atoms with Crippen LogP contribution >= 0.6 is 12.2 Å². The molecule has 1 aliphatic rings. The number of carbonyl (C=O) groups is 3. The number of carboxylic acids is 1. The minimum absolute atomic E-state index is 0.0207. The van der Waals surface area contributed by atoms with E-state index >= 15 is 0 Å². The average Bonchev–Trinajstić information content (AvgIpc) is 3.03. The lowest BCUT2D eigenvalue weighted by Crippen LogP contribution is -2.54. The Kier molecular flexibility index (Phi) is 5.16. The zero-order valence-corrected chi connectivity index (χ0v) is 17.7. The van der Waals surface area contributed by atoms with Crippen molar-refractivity contribution in [3.8, 4) is 0 Å². The quantitative estimate of drug-likeness (QED) is 0.375. The van der Waals surface area contributed by atoms with E-state index in [9.17, 15) is 19.5 Å². The average molecular weight is 433 g/mol. The predicted octanol–water partition coefficient (Wildman–Crippen LogP) is 3.17. The molecule has 1 fully saturated rings. The van der Waals surface area contributed by atoms with Gasteiger partial charge in [0.05, 0.1) is 5.69 Å². The van der Waals surface area contributed by atoms with Crippen molar-refractivity contribution in [3.63, 3.8) is 0 Å². The summed E-state index contributed by atoms with van der Waals surface area (Å²) in [5.41, 5.74) is 3.68. The molecule has 1 aliphatic heterocycles. The molecule has 0 spiro atoms. The maximum Gasteiger partial charge on any atom is 0.323 e. The van der Waals surface area contributed by atoms with Crippen LogP contribution in [0.1, 0.15) is 16.7 Å². The first-order valence-electron chi connectivity index (χ1n) is 9.54. The number of hydrogen-bond acceptors (Lipinski definition) is 4. The van der Waals surface area contributed by atoms with Gasteiger partial charge in [-0.25, -0.2) is 0 Å². The van der Waals surface area contributed by atoms with Gasteiger partial charge in [-0.1, -0.05) is 35.9 Å². The van der Waals surface area contributed by atoms with Crippen LogP contribution < -0.4 is 10.2 Å². The van der Waals surface area contributed by atoms with Gasteiger partial charge in [0.15, 0.2) is 5.11 Å². The van der Waals surface area contributed by atoms with Gasteiger partial charge in [-0.2, -0.15) is 0 Å². The highest BCUT2D eigenvalue weighted by atomic mass is 32.1. The van der Waals surface area contributed by atoms with Crippen molar-refractivity contribution >= 4 is 57.8 Å². The van der Waals surface area contributed by atoms with Gasteiger partial charge < -0.3 is 9.67 Å². The van der Waals surface area contributed by atoms with E-state index in [1.807, 2.05) is 38.1 Å². The first-order valence-corrected chi connectivity index (χ1v) is 9.95. The molecule has 156 valence electrons. The second-order valence-corrected chi connectivity index (χ2v) is 7.76. The van der Waals surface area contributed by atoms with Crippen LogP contribution in [0.2, 0.25) is 0 Å². The van der Waals surface area contributed by atoms with Crippen molar-refractivity contribution in [2.75, 3.05) is 4.90 Å². The predicted molar refractivity (Wildman–Crippen MR) is 122 cm³/mol. The number of carboxylic acid groups (broad SMARTS) is 1. The van der Waals surface area contributed by atoms with Gasteiger partial charge >= 0.3 is 5.97 Å². The van der Waals surface area contributed by atoms with E-state index in [-0.39, 0.29) is 17.2 Å². The number of thiocarbonyl (C=S) groups is 1. The van der Waals surface area contributed by atoms with Gasteiger partial charge in [0, 0.05) is 22.7 Å². The smallest absolute Gasteiger partial charge is 0.323 e. The van der Waals surface area contributed by atoms with Crippen molar-refractivity contribution in [1.82, 2.24) is 9.88 Å². The molecule has 0 radical (unpaired) electrons. The van der Waals surface area contributed by atoms with Crippen LogP contribution in [0.15, 0.2) is 54.2 Å². The molecule has 0 unspecified atom stereocenters. The van der Waals surface area contributed by atoms with Gasteiger partial charge in [-0.15, -0.1) is 0 Å². The van der Waals surface area contributed by atoms with Crippen LogP contribution in [-0.4, -0.2) is 32.6 Å². The number of rotatable bonds is 4. The largest absolute Gasteiger partial charge is 0.480 e. The first kappa shape index (κ1) is 20.5. The summed E-state index contributed by atoms with van der Waals surface area (Å²) in [6.45, 7) is 3.59. The fourth-order valence-corrected chi connectivity index (χ4v) is 4.03. The topological polar surface area (TPSA) is 91.6 Å². The Labute approximate surface area is 183 Å². The highest BCUT2D eigenvalue weighted by Crippen LogP contribution is 2.28. The molecule has 0 bridgehead atoms. The van der Waals surface area contributed by atoms with Crippen molar-refractivity contribution in [3.05, 3.63) is 70.9 Å². The van der Waals surface area contributed by atoms with E-state index in [1.54, 1.807) is 29.0 Å². The molecule has 3 aromatic rings. The van der Waals surface area contributed by atoms with Crippen molar-refractivity contribution in [2.24, 2.45) is 0 Å². The fourth-order valence-electron chi connectivity index (χ4n) is 3.75. The number of aliphatic carboxylic acids is 1. The van der Waals surface area contributed by atoms with Crippen molar-refractivity contribution in [2.45, 2.75) is 20.4 Å². The summed E-state index contributed by atoms with van der Waals surface area (Å²) in [5.74, 6) is -2.11. The molecule has 0 atom stereocenters. The number of fused-ring (bicyclic) bond motifs is 1.